The maximum absolute atomic E-state index is 13.6. The maximum atomic E-state index is 13.6. The Morgan fingerprint density at radius 1 is 1.00 bits per heavy atom. The van der Waals surface area contributed by atoms with Gasteiger partial charge in [0, 0.05) is 19.5 Å². The van der Waals surface area contributed by atoms with Gasteiger partial charge in [-0.25, -0.2) is 18.4 Å². The van der Waals surface area contributed by atoms with Crippen LogP contribution < -0.4 is 9.47 Å². The van der Waals surface area contributed by atoms with E-state index in [0.29, 0.717) is 28.0 Å². The van der Waals surface area contributed by atoms with Crippen LogP contribution in [0.3, 0.4) is 0 Å². The van der Waals surface area contributed by atoms with Gasteiger partial charge in [-0.15, -0.1) is 10.2 Å². The van der Waals surface area contributed by atoms with Crippen molar-refractivity contribution in [1.82, 2.24) is 24.7 Å². The lowest BCUT2D eigenvalue weighted by Gasteiger charge is -2.22. The summed E-state index contributed by atoms with van der Waals surface area (Å²) in [5.74, 6) is 1.26. The summed E-state index contributed by atoms with van der Waals surface area (Å²) in [6.45, 7) is 5.60. The van der Waals surface area contributed by atoms with Crippen LogP contribution in [-0.2, 0) is 31.7 Å². The van der Waals surface area contributed by atoms with E-state index in [0.717, 1.165) is 6.42 Å². The fraction of sp³-hybridized carbons (Fsp3) is 0.500. The van der Waals surface area contributed by atoms with Gasteiger partial charge in [-0.2, -0.15) is 0 Å². The molecule has 2 aromatic heterocycles. The molecule has 0 fully saturated rings. The quantitative estimate of drug-likeness (QED) is 0.309. The van der Waals surface area contributed by atoms with Crippen molar-refractivity contribution in [1.29, 1.82) is 0 Å². The topological polar surface area (TPSA) is 128 Å². The van der Waals surface area contributed by atoms with Crippen LogP contribution in [-0.4, -0.2) is 65.8 Å². The number of ether oxygens (including phenoxy) is 4. The number of sulfone groups is 1. The third kappa shape index (κ3) is 6.56. The molecule has 37 heavy (non-hydrogen) atoms. The zero-order valence-electron chi connectivity index (χ0n) is 21.7. The van der Waals surface area contributed by atoms with Crippen molar-refractivity contribution in [2.24, 2.45) is 0 Å². The number of hydrogen-bond donors (Lipinski definition) is 0. The molecular weight excluding hydrogens is 522 g/mol. The summed E-state index contributed by atoms with van der Waals surface area (Å²) in [6.07, 6.45) is 2.63. The Kier molecular flexibility index (Phi) is 9.82. The number of hydrogen-bond acceptors (Lipinski definition) is 10. The Morgan fingerprint density at radius 2 is 1.59 bits per heavy atom. The molecule has 0 N–H and O–H groups in total. The van der Waals surface area contributed by atoms with Crippen LogP contribution in [0.1, 0.15) is 50.8 Å². The number of rotatable bonds is 13. The second-order valence-corrected chi connectivity index (χ2v) is 11.1. The third-order valence-corrected chi connectivity index (χ3v) is 8.20. The van der Waals surface area contributed by atoms with Gasteiger partial charge in [0.25, 0.3) is 0 Å². The zero-order chi connectivity index (χ0) is 27.2. The van der Waals surface area contributed by atoms with Crippen molar-refractivity contribution in [3.05, 3.63) is 53.1 Å². The summed E-state index contributed by atoms with van der Waals surface area (Å²) >= 11 is 5.89. The molecule has 0 saturated carbocycles. The van der Waals surface area contributed by atoms with Crippen LogP contribution in [0.5, 0.6) is 11.5 Å². The molecule has 0 aliphatic rings. The van der Waals surface area contributed by atoms with E-state index in [2.05, 4.69) is 20.2 Å². The standard InChI is InChI=1S/C24H32ClN5O6S/c1-7-15(2)36-13-20-28-29-21(30(20)22-18(33-4)9-8-10-19(22)34-5)14-37(31,32)16(3)23(35-6)24-26-11-17(25)12-27-24/h8-12,15-16,23H,7,13-14H2,1-6H3/t15-,16-,23-/m0/s1. The molecule has 202 valence electrons. The van der Waals surface area contributed by atoms with Crippen molar-refractivity contribution in [3.8, 4) is 17.2 Å². The fourth-order valence-corrected chi connectivity index (χ4v) is 5.18. The summed E-state index contributed by atoms with van der Waals surface area (Å²) < 4.78 is 51.4. The minimum absolute atomic E-state index is 0.0289. The average molecular weight is 554 g/mol. The van der Waals surface area contributed by atoms with E-state index in [1.54, 1.807) is 29.7 Å². The Balaban J connectivity index is 2.06. The highest BCUT2D eigenvalue weighted by molar-refractivity contribution is 7.91. The number of benzene rings is 1. The van der Waals surface area contributed by atoms with Crippen LogP contribution in [0.15, 0.2) is 30.6 Å². The molecule has 0 aliphatic heterocycles. The van der Waals surface area contributed by atoms with Crippen molar-refractivity contribution < 1.29 is 27.4 Å². The Hall–Kier alpha value is -2.80. The minimum Gasteiger partial charge on any atom is -0.494 e. The number of para-hydroxylation sites is 1. The molecule has 0 amide bonds. The molecule has 2 heterocycles. The molecule has 0 radical (unpaired) electrons. The maximum Gasteiger partial charge on any atom is 0.163 e. The van der Waals surface area contributed by atoms with Gasteiger partial charge in [-0.05, 0) is 32.4 Å². The smallest absolute Gasteiger partial charge is 0.163 e. The van der Waals surface area contributed by atoms with Gasteiger partial charge in [-0.1, -0.05) is 24.6 Å². The molecule has 3 rings (SSSR count). The average Bonchev–Trinajstić information content (AvgIpc) is 3.28. The predicted octanol–water partition coefficient (Wildman–Crippen LogP) is 3.73. The predicted molar refractivity (Wildman–Crippen MR) is 138 cm³/mol. The largest absolute Gasteiger partial charge is 0.494 e. The van der Waals surface area contributed by atoms with Crippen LogP contribution in [0, 0.1) is 0 Å². The Labute approximate surface area is 222 Å². The number of nitrogens with zero attached hydrogens (tertiary/aromatic N) is 5. The van der Waals surface area contributed by atoms with Crippen molar-refractivity contribution in [3.63, 3.8) is 0 Å². The minimum atomic E-state index is -3.86. The molecule has 0 saturated heterocycles. The second-order valence-electron chi connectivity index (χ2n) is 8.34. The molecule has 1 aromatic carbocycles. The van der Waals surface area contributed by atoms with Gasteiger partial charge in [-0.3, -0.25) is 4.57 Å². The lowest BCUT2D eigenvalue weighted by atomic mass is 10.2. The molecule has 0 spiro atoms. The number of methoxy groups -OCH3 is 3. The molecular formula is C24H32ClN5O6S. The van der Waals surface area contributed by atoms with Gasteiger partial charge in [0.05, 0.1) is 30.6 Å². The second kappa shape index (κ2) is 12.6. The first-order valence-corrected chi connectivity index (χ1v) is 13.7. The van der Waals surface area contributed by atoms with Crippen molar-refractivity contribution in [2.45, 2.75) is 57.0 Å². The lowest BCUT2D eigenvalue weighted by Crippen LogP contribution is -2.30. The molecule has 3 aromatic rings. The normalized spacial score (nSPS) is 14.2. The highest BCUT2D eigenvalue weighted by Crippen LogP contribution is 2.35. The van der Waals surface area contributed by atoms with E-state index < -0.39 is 26.9 Å². The van der Waals surface area contributed by atoms with Gasteiger partial charge in [0.2, 0.25) is 0 Å². The van der Waals surface area contributed by atoms with E-state index in [-0.39, 0.29) is 24.4 Å². The summed E-state index contributed by atoms with van der Waals surface area (Å²) in [5.41, 5.74) is 0.474. The molecule has 0 aliphatic carbocycles. The van der Waals surface area contributed by atoms with E-state index >= 15 is 0 Å². The summed E-state index contributed by atoms with van der Waals surface area (Å²) in [4.78, 5) is 8.28. The van der Waals surface area contributed by atoms with E-state index in [9.17, 15) is 8.42 Å². The molecule has 11 nitrogen and oxygen atoms in total. The number of aromatic nitrogens is 5. The highest BCUT2D eigenvalue weighted by atomic mass is 35.5. The van der Waals surface area contributed by atoms with E-state index in [4.69, 9.17) is 30.5 Å². The van der Waals surface area contributed by atoms with E-state index in [1.807, 2.05) is 13.8 Å². The highest BCUT2D eigenvalue weighted by Gasteiger charge is 2.35. The first-order chi connectivity index (χ1) is 17.7. The van der Waals surface area contributed by atoms with Gasteiger partial charge >= 0.3 is 0 Å². The van der Waals surface area contributed by atoms with Gasteiger partial charge in [0.1, 0.15) is 35.7 Å². The molecule has 0 unspecified atom stereocenters. The van der Waals surface area contributed by atoms with E-state index in [1.165, 1.54) is 33.7 Å². The zero-order valence-corrected chi connectivity index (χ0v) is 23.3. The van der Waals surface area contributed by atoms with Gasteiger partial charge in [0.15, 0.2) is 27.3 Å². The van der Waals surface area contributed by atoms with Crippen molar-refractivity contribution >= 4 is 21.4 Å². The summed E-state index contributed by atoms with van der Waals surface area (Å²) in [7, 11) is 0.584. The van der Waals surface area contributed by atoms with Crippen LogP contribution in [0.4, 0.5) is 0 Å². The molecule has 13 heteroatoms. The molecule has 0 bridgehead atoms. The Bertz CT molecular complexity index is 1260. The first-order valence-electron chi connectivity index (χ1n) is 11.6. The summed E-state index contributed by atoms with van der Waals surface area (Å²) in [6, 6.07) is 5.27. The summed E-state index contributed by atoms with van der Waals surface area (Å²) in [5, 5.41) is 7.83. The lowest BCUT2D eigenvalue weighted by molar-refractivity contribution is 0.0458. The Morgan fingerprint density at radius 3 is 2.14 bits per heavy atom. The third-order valence-electron chi connectivity index (χ3n) is 5.97. The van der Waals surface area contributed by atoms with Crippen LogP contribution in [0.25, 0.3) is 5.69 Å². The van der Waals surface area contributed by atoms with Crippen LogP contribution >= 0.6 is 11.6 Å². The SMILES string of the molecule is CC[C@H](C)OCc1nnc(CS(=O)(=O)[C@@H](C)[C@H](OC)c2ncc(Cl)cn2)n1-c1c(OC)cccc1OC. The van der Waals surface area contributed by atoms with Crippen LogP contribution in [0.2, 0.25) is 5.02 Å². The fourth-order valence-electron chi connectivity index (χ4n) is 3.66. The van der Waals surface area contributed by atoms with Gasteiger partial charge < -0.3 is 18.9 Å². The molecule has 3 atom stereocenters. The monoisotopic (exact) mass is 553 g/mol. The van der Waals surface area contributed by atoms with Crippen molar-refractivity contribution in [2.75, 3.05) is 21.3 Å². The first kappa shape index (κ1) is 28.8. The number of halogens is 1.